The molecule has 5 nitrogen and oxygen atoms in total. The van der Waals surface area contributed by atoms with E-state index < -0.39 is 16.3 Å². The number of nitro benzene ring substituents is 1. The number of rotatable bonds is 4. The molecule has 0 radical (unpaired) electrons. The van der Waals surface area contributed by atoms with Crippen molar-refractivity contribution in [1.82, 2.24) is 0 Å². The molecule has 0 heterocycles. The van der Waals surface area contributed by atoms with Crippen LogP contribution in [0.15, 0.2) is 18.2 Å². The minimum Gasteiger partial charge on any atom is -0.388 e. The molecule has 0 aromatic heterocycles. The number of nitrogens with zero attached hydrogens (tertiary/aromatic N) is 1. The highest BCUT2D eigenvalue weighted by Crippen LogP contribution is 2.22. The second-order valence-electron chi connectivity index (χ2n) is 4.47. The average molecular weight is 242 g/mol. The van der Waals surface area contributed by atoms with Gasteiger partial charge in [-0.1, -0.05) is 0 Å². The standard InChI is InChI=1S/C11H15FN2O3/c1-7(11(2,3)15)13-9-4-8(12)5-10(6-9)14(16)17/h4-7,13,15H,1-3H3. The van der Waals surface area contributed by atoms with Crippen molar-refractivity contribution >= 4 is 11.4 Å². The SMILES string of the molecule is CC(Nc1cc(F)cc([N+](=O)[O-])c1)C(C)(C)O. The van der Waals surface area contributed by atoms with Crippen LogP contribution in [0.2, 0.25) is 0 Å². The van der Waals surface area contributed by atoms with Gasteiger partial charge in [0.15, 0.2) is 0 Å². The lowest BCUT2D eigenvalue weighted by atomic mass is 10.0. The fraction of sp³-hybridized carbons (Fsp3) is 0.455. The van der Waals surface area contributed by atoms with E-state index in [1.807, 2.05) is 0 Å². The first-order chi connectivity index (χ1) is 7.70. The number of nitro groups is 1. The van der Waals surface area contributed by atoms with E-state index >= 15 is 0 Å². The number of hydrogen-bond acceptors (Lipinski definition) is 4. The highest BCUT2D eigenvalue weighted by atomic mass is 19.1. The number of non-ortho nitro benzene ring substituents is 1. The minimum atomic E-state index is -1.01. The maximum absolute atomic E-state index is 13.1. The Morgan fingerprint density at radius 2 is 2.06 bits per heavy atom. The Bertz CT molecular complexity index is 429. The molecule has 1 aromatic carbocycles. The van der Waals surface area contributed by atoms with Gasteiger partial charge in [-0.2, -0.15) is 0 Å². The lowest BCUT2D eigenvalue weighted by Gasteiger charge is -2.27. The molecule has 0 saturated carbocycles. The number of halogens is 1. The van der Waals surface area contributed by atoms with Crippen molar-refractivity contribution in [1.29, 1.82) is 0 Å². The number of benzene rings is 1. The van der Waals surface area contributed by atoms with Crippen LogP contribution >= 0.6 is 0 Å². The van der Waals surface area contributed by atoms with Crippen LogP contribution in [0.4, 0.5) is 15.8 Å². The van der Waals surface area contributed by atoms with Crippen LogP contribution in [0.3, 0.4) is 0 Å². The van der Waals surface area contributed by atoms with Gasteiger partial charge in [0.2, 0.25) is 0 Å². The highest BCUT2D eigenvalue weighted by Gasteiger charge is 2.22. The van der Waals surface area contributed by atoms with Crippen molar-refractivity contribution in [3.05, 3.63) is 34.1 Å². The van der Waals surface area contributed by atoms with Crippen LogP contribution in [-0.2, 0) is 0 Å². The lowest BCUT2D eigenvalue weighted by molar-refractivity contribution is -0.385. The number of nitrogens with one attached hydrogen (secondary N) is 1. The zero-order valence-electron chi connectivity index (χ0n) is 9.90. The van der Waals surface area contributed by atoms with Crippen LogP contribution in [-0.4, -0.2) is 21.7 Å². The topological polar surface area (TPSA) is 75.4 Å². The van der Waals surface area contributed by atoms with E-state index in [9.17, 15) is 19.6 Å². The highest BCUT2D eigenvalue weighted by molar-refractivity contribution is 5.52. The first kappa shape index (κ1) is 13.4. The fourth-order valence-electron chi connectivity index (χ4n) is 1.19. The quantitative estimate of drug-likeness (QED) is 0.627. The van der Waals surface area contributed by atoms with Gasteiger partial charge in [-0.3, -0.25) is 10.1 Å². The number of hydrogen-bond donors (Lipinski definition) is 2. The van der Waals surface area contributed by atoms with Crippen molar-refractivity contribution in [3.63, 3.8) is 0 Å². The molecule has 1 rings (SSSR count). The zero-order chi connectivity index (χ0) is 13.2. The first-order valence-electron chi connectivity index (χ1n) is 5.14. The third-order valence-corrected chi connectivity index (χ3v) is 2.54. The molecule has 0 spiro atoms. The molecule has 1 unspecified atom stereocenters. The van der Waals surface area contributed by atoms with Gasteiger partial charge in [0.1, 0.15) is 5.82 Å². The Kier molecular flexibility index (Phi) is 3.67. The summed E-state index contributed by atoms with van der Waals surface area (Å²) >= 11 is 0. The summed E-state index contributed by atoms with van der Waals surface area (Å²) in [5.41, 5.74) is -1.07. The van der Waals surface area contributed by atoms with Crippen molar-refractivity contribution in [2.45, 2.75) is 32.4 Å². The van der Waals surface area contributed by atoms with Gasteiger partial charge in [0.05, 0.1) is 22.6 Å². The van der Waals surface area contributed by atoms with Gasteiger partial charge < -0.3 is 10.4 Å². The van der Waals surface area contributed by atoms with E-state index in [0.29, 0.717) is 0 Å². The molecule has 1 aromatic rings. The zero-order valence-corrected chi connectivity index (χ0v) is 9.90. The Balaban J connectivity index is 2.96. The maximum atomic E-state index is 13.1. The van der Waals surface area contributed by atoms with Crippen molar-refractivity contribution in [2.75, 3.05) is 5.32 Å². The third-order valence-electron chi connectivity index (χ3n) is 2.54. The summed E-state index contributed by atoms with van der Waals surface area (Å²) < 4.78 is 13.1. The van der Waals surface area contributed by atoms with Gasteiger partial charge in [-0.05, 0) is 26.8 Å². The monoisotopic (exact) mass is 242 g/mol. The van der Waals surface area contributed by atoms with E-state index in [2.05, 4.69) is 5.32 Å². The molecule has 0 aliphatic rings. The summed E-state index contributed by atoms with van der Waals surface area (Å²) in [6.07, 6.45) is 0. The summed E-state index contributed by atoms with van der Waals surface area (Å²) in [5.74, 6) is -0.690. The Hall–Kier alpha value is -1.69. The molecular weight excluding hydrogens is 227 g/mol. The van der Waals surface area contributed by atoms with E-state index in [0.717, 1.165) is 12.1 Å². The van der Waals surface area contributed by atoms with Gasteiger partial charge in [0.25, 0.3) is 5.69 Å². The van der Waals surface area contributed by atoms with Crippen molar-refractivity contribution in [2.24, 2.45) is 0 Å². The molecular formula is C11H15FN2O3. The third kappa shape index (κ3) is 3.67. The van der Waals surface area contributed by atoms with Crippen LogP contribution < -0.4 is 5.32 Å². The molecule has 94 valence electrons. The lowest BCUT2D eigenvalue weighted by Crippen LogP contribution is -2.39. The fourth-order valence-corrected chi connectivity index (χ4v) is 1.19. The molecule has 2 N–H and O–H groups in total. The second kappa shape index (κ2) is 4.67. The molecule has 6 heteroatoms. The van der Waals surface area contributed by atoms with Gasteiger partial charge in [-0.15, -0.1) is 0 Å². The summed E-state index contributed by atoms with van der Waals surface area (Å²) in [5, 5.41) is 23.1. The van der Waals surface area contributed by atoms with E-state index in [1.54, 1.807) is 20.8 Å². The Morgan fingerprint density at radius 1 is 1.47 bits per heavy atom. The predicted octanol–water partition coefficient (Wildman–Crippen LogP) is 2.31. The predicted molar refractivity (Wildman–Crippen MR) is 62.4 cm³/mol. The Labute approximate surface area is 98.4 Å². The van der Waals surface area contributed by atoms with Crippen LogP contribution in [0.5, 0.6) is 0 Å². The minimum absolute atomic E-state index is 0.270. The summed E-state index contributed by atoms with van der Waals surface area (Å²) in [4.78, 5) is 9.89. The molecule has 0 aliphatic carbocycles. The largest absolute Gasteiger partial charge is 0.388 e. The van der Waals surface area contributed by atoms with Crippen LogP contribution in [0.1, 0.15) is 20.8 Å². The van der Waals surface area contributed by atoms with Crippen LogP contribution in [0, 0.1) is 15.9 Å². The summed E-state index contributed by atoms with van der Waals surface area (Å²) in [6.45, 7) is 4.90. The molecule has 17 heavy (non-hydrogen) atoms. The van der Waals surface area contributed by atoms with Crippen LogP contribution in [0.25, 0.3) is 0 Å². The van der Waals surface area contributed by atoms with E-state index in [4.69, 9.17) is 0 Å². The second-order valence-corrected chi connectivity index (χ2v) is 4.47. The number of aliphatic hydroxyl groups is 1. The van der Waals surface area contributed by atoms with Gasteiger partial charge in [0, 0.05) is 11.8 Å². The first-order valence-corrected chi connectivity index (χ1v) is 5.14. The summed E-state index contributed by atoms with van der Waals surface area (Å²) in [7, 11) is 0. The van der Waals surface area contributed by atoms with Gasteiger partial charge in [-0.25, -0.2) is 4.39 Å². The molecule has 1 atom stereocenters. The van der Waals surface area contributed by atoms with E-state index in [-0.39, 0.29) is 17.4 Å². The van der Waals surface area contributed by atoms with E-state index in [1.165, 1.54) is 6.07 Å². The molecule has 0 saturated heterocycles. The average Bonchev–Trinajstić information content (AvgIpc) is 2.14. The maximum Gasteiger partial charge on any atom is 0.274 e. The smallest absolute Gasteiger partial charge is 0.274 e. The van der Waals surface area contributed by atoms with Gasteiger partial charge >= 0.3 is 0 Å². The normalized spacial score (nSPS) is 13.2. The summed E-state index contributed by atoms with van der Waals surface area (Å²) in [6, 6.07) is 2.85. The molecule has 0 bridgehead atoms. The number of anilines is 1. The van der Waals surface area contributed by atoms with Crippen molar-refractivity contribution in [3.8, 4) is 0 Å². The Morgan fingerprint density at radius 3 is 2.53 bits per heavy atom. The van der Waals surface area contributed by atoms with Crippen molar-refractivity contribution < 1.29 is 14.4 Å². The molecule has 0 amide bonds. The molecule has 0 aliphatic heterocycles. The molecule has 0 fully saturated rings.